The summed E-state index contributed by atoms with van der Waals surface area (Å²) in [5, 5.41) is 34.0. The van der Waals surface area contributed by atoms with Crippen LogP contribution < -0.4 is 5.73 Å². The van der Waals surface area contributed by atoms with Crippen molar-refractivity contribution in [2.45, 2.75) is 69.8 Å². The summed E-state index contributed by atoms with van der Waals surface area (Å²) in [4.78, 5) is 26.2. The number of hydrogen-bond acceptors (Lipinski definition) is 7. The number of Topliss-reactive ketones (excluding diaryl/α,β-unsaturated/α-hetero) is 1. The molecule has 0 aliphatic heterocycles. The summed E-state index contributed by atoms with van der Waals surface area (Å²) >= 11 is 0. The first-order valence-electron chi connectivity index (χ1n) is 12.8. The highest BCUT2D eigenvalue weighted by atomic mass is 16.6. The third-order valence-corrected chi connectivity index (χ3v) is 9.79. The van der Waals surface area contributed by atoms with Crippen LogP contribution in [0.4, 0.5) is 0 Å². The molecular formula is C29H37NO6. The molecule has 194 valence electrons. The minimum absolute atomic E-state index is 0.0295. The van der Waals surface area contributed by atoms with Gasteiger partial charge in [-0.05, 0) is 36.0 Å². The van der Waals surface area contributed by atoms with Crippen molar-refractivity contribution in [1.82, 2.24) is 0 Å². The number of fused-ring (bicyclic) bond motifs is 5. The van der Waals surface area contributed by atoms with Crippen molar-refractivity contribution in [2.75, 3.05) is 6.61 Å². The van der Waals surface area contributed by atoms with Crippen LogP contribution >= 0.6 is 0 Å². The topological polar surface area (TPSA) is 130 Å². The number of ketones is 1. The van der Waals surface area contributed by atoms with E-state index >= 15 is 0 Å². The first-order chi connectivity index (χ1) is 16.8. The van der Waals surface area contributed by atoms with Gasteiger partial charge in [0.05, 0.1) is 18.6 Å². The van der Waals surface area contributed by atoms with Gasteiger partial charge in [0.2, 0.25) is 0 Å². The zero-order valence-corrected chi connectivity index (χ0v) is 21.4. The molecule has 0 bridgehead atoms. The third kappa shape index (κ3) is 3.26. The minimum Gasteiger partial charge on any atom is -0.458 e. The largest absolute Gasteiger partial charge is 0.458 e. The van der Waals surface area contributed by atoms with E-state index in [1.165, 1.54) is 0 Å². The van der Waals surface area contributed by atoms with Gasteiger partial charge in [0.25, 0.3) is 0 Å². The first kappa shape index (κ1) is 25.3. The lowest BCUT2D eigenvalue weighted by Crippen LogP contribution is -2.61. The van der Waals surface area contributed by atoms with Gasteiger partial charge < -0.3 is 25.8 Å². The highest BCUT2D eigenvalue weighted by Gasteiger charge is 2.83. The van der Waals surface area contributed by atoms with Gasteiger partial charge in [-0.2, -0.15) is 0 Å². The van der Waals surface area contributed by atoms with Crippen LogP contribution in [-0.4, -0.2) is 50.5 Å². The summed E-state index contributed by atoms with van der Waals surface area (Å²) < 4.78 is 6.25. The van der Waals surface area contributed by atoms with E-state index in [4.69, 9.17) is 10.5 Å². The van der Waals surface area contributed by atoms with Crippen LogP contribution in [0.3, 0.4) is 0 Å². The highest BCUT2D eigenvalue weighted by molar-refractivity contribution is 6.04. The van der Waals surface area contributed by atoms with Crippen molar-refractivity contribution in [3.05, 3.63) is 59.2 Å². The van der Waals surface area contributed by atoms with E-state index < -0.39 is 51.8 Å². The maximum absolute atomic E-state index is 13.2. The van der Waals surface area contributed by atoms with E-state index in [9.17, 15) is 24.9 Å². The Kier molecular flexibility index (Phi) is 5.69. The van der Waals surface area contributed by atoms with Crippen LogP contribution in [0.25, 0.3) is 0 Å². The lowest BCUT2D eigenvalue weighted by Gasteiger charge is -2.50. The Hall–Kier alpha value is -2.32. The maximum atomic E-state index is 13.2. The third-order valence-electron chi connectivity index (χ3n) is 9.79. The Labute approximate surface area is 212 Å². The van der Waals surface area contributed by atoms with Gasteiger partial charge in [-0.15, -0.1) is 0 Å². The predicted molar refractivity (Wildman–Crippen MR) is 133 cm³/mol. The number of nitrogens with two attached hydrogens (primary N) is 1. The summed E-state index contributed by atoms with van der Waals surface area (Å²) in [6.45, 7) is 7.30. The highest BCUT2D eigenvalue weighted by Crippen LogP contribution is 2.76. The molecule has 0 aromatic heterocycles. The fourth-order valence-electron chi connectivity index (χ4n) is 7.84. The SMILES string of the molecule is CC1=C[C@H]2[C@@]3(O)[C@H](C)C[C@]4(OC(=O)C[C@H](N)c5ccccc5)[C@@H]([C@@H]3C=C(CO)C[C@]2(O)C1=O)C4(C)C. The lowest BCUT2D eigenvalue weighted by molar-refractivity contribution is -0.187. The second kappa shape index (κ2) is 8.09. The van der Waals surface area contributed by atoms with Gasteiger partial charge in [0.15, 0.2) is 5.78 Å². The zero-order valence-electron chi connectivity index (χ0n) is 21.4. The predicted octanol–water partition coefficient (Wildman–Crippen LogP) is 2.60. The monoisotopic (exact) mass is 495 g/mol. The van der Waals surface area contributed by atoms with Crippen molar-refractivity contribution >= 4 is 11.8 Å². The van der Waals surface area contributed by atoms with Gasteiger partial charge in [-0.25, -0.2) is 0 Å². The second-order valence-corrected chi connectivity index (χ2v) is 12.0. The Balaban J connectivity index is 1.49. The second-order valence-electron chi connectivity index (χ2n) is 12.0. The number of aliphatic hydroxyl groups is 3. The van der Waals surface area contributed by atoms with Crippen molar-refractivity contribution < 1.29 is 29.6 Å². The number of rotatable bonds is 5. The molecule has 0 saturated heterocycles. The van der Waals surface area contributed by atoms with Crippen LogP contribution in [0, 0.1) is 29.1 Å². The zero-order chi connectivity index (χ0) is 26.3. The molecule has 5 rings (SSSR count). The fourth-order valence-corrected chi connectivity index (χ4v) is 7.84. The van der Waals surface area contributed by atoms with Crippen LogP contribution in [0.2, 0.25) is 0 Å². The van der Waals surface area contributed by atoms with Gasteiger partial charge >= 0.3 is 5.97 Å². The summed E-state index contributed by atoms with van der Waals surface area (Å²) in [6.07, 6.45) is 3.94. The molecule has 36 heavy (non-hydrogen) atoms. The molecule has 5 N–H and O–H groups in total. The van der Waals surface area contributed by atoms with Gasteiger partial charge in [0.1, 0.15) is 11.2 Å². The van der Waals surface area contributed by atoms with Crippen LogP contribution in [-0.2, 0) is 14.3 Å². The molecule has 4 aliphatic rings. The quantitative estimate of drug-likeness (QED) is 0.365. The first-order valence-corrected chi connectivity index (χ1v) is 12.8. The van der Waals surface area contributed by atoms with E-state index in [0.717, 1.165) is 5.56 Å². The van der Waals surface area contributed by atoms with Gasteiger partial charge in [-0.3, -0.25) is 9.59 Å². The Morgan fingerprint density at radius 3 is 2.50 bits per heavy atom. The molecule has 0 amide bonds. The van der Waals surface area contributed by atoms with Crippen molar-refractivity contribution in [3.63, 3.8) is 0 Å². The van der Waals surface area contributed by atoms with Gasteiger partial charge in [0, 0.05) is 35.6 Å². The van der Waals surface area contributed by atoms with E-state index in [2.05, 4.69) is 0 Å². The normalized spacial score (nSPS) is 41.2. The van der Waals surface area contributed by atoms with Crippen molar-refractivity contribution in [3.8, 4) is 0 Å². The minimum atomic E-state index is -1.80. The fraction of sp³-hybridized carbons (Fsp3) is 0.586. The average molecular weight is 496 g/mol. The van der Waals surface area contributed by atoms with E-state index in [-0.39, 0.29) is 31.3 Å². The molecule has 0 radical (unpaired) electrons. The molecule has 0 heterocycles. The van der Waals surface area contributed by atoms with Crippen molar-refractivity contribution in [2.24, 2.45) is 34.8 Å². The van der Waals surface area contributed by atoms with Crippen LogP contribution in [0.15, 0.2) is 53.6 Å². The Morgan fingerprint density at radius 2 is 1.86 bits per heavy atom. The molecule has 7 heteroatoms. The summed E-state index contributed by atoms with van der Waals surface area (Å²) in [6, 6.07) is 8.94. The number of ether oxygens (including phenoxy) is 1. The molecule has 2 saturated carbocycles. The van der Waals surface area contributed by atoms with Crippen LogP contribution in [0.1, 0.15) is 58.6 Å². The molecule has 2 fully saturated rings. The standard InChI is InChI=1S/C29H37NO6/c1-16-10-22-27(34,25(16)33)14-18(15-31)11-20-24-26(3,4)28(24,13-17(2)29(20,22)35)36-23(32)12-21(30)19-8-6-5-7-9-19/h5-11,17,20-22,24,31,34-35H,12-15,30H2,1-4H3/t17-,20+,21+,22-,24+,27-,28+,29-/m1/s1. The number of carbonyl (C=O) groups is 2. The molecule has 7 nitrogen and oxygen atoms in total. The molecule has 4 aliphatic carbocycles. The molecule has 1 aromatic rings. The summed E-state index contributed by atoms with van der Waals surface area (Å²) in [5.41, 5.74) is 3.60. The van der Waals surface area contributed by atoms with Crippen LogP contribution in [0.5, 0.6) is 0 Å². The lowest BCUT2D eigenvalue weighted by atomic mass is 9.60. The Morgan fingerprint density at radius 1 is 1.19 bits per heavy atom. The molecule has 0 unspecified atom stereocenters. The van der Waals surface area contributed by atoms with E-state index in [1.54, 1.807) is 13.0 Å². The van der Waals surface area contributed by atoms with Gasteiger partial charge in [-0.1, -0.05) is 63.3 Å². The average Bonchev–Trinajstić information content (AvgIpc) is 3.23. The summed E-state index contributed by atoms with van der Waals surface area (Å²) in [7, 11) is 0. The van der Waals surface area contributed by atoms with E-state index in [0.29, 0.717) is 17.6 Å². The Bertz CT molecular complexity index is 1160. The number of benzene rings is 1. The molecular weight excluding hydrogens is 458 g/mol. The number of esters is 1. The van der Waals surface area contributed by atoms with Crippen molar-refractivity contribution in [1.29, 1.82) is 0 Å². The molecule has 8 atom stereocenters. The number of hydrogen-bond donors (Lipinski definition) is 4. The smallest absolute Gasteiger partial charge is 0.308 e. The molecule has 1 aromatic carbocycles. The van der Waals surface area contributed by atoms with E-state index in [1.807, 2.05) is 57.2 Å². The molecule has 0 spiro atoms. The summed E-state index contributed by atoms with van der Waals surface area (Å²) in [5.74, 6) is -2.74. The maximum Gasteiger partial charge on any atom is 0.308 e. The number of aliphatic hydroxyl groups excluding tert-OH is 1. The number of carbonyl (C=O) groups excluding carboxylic acids is 2.